The van der Waals surface area contributed by atoms with Crippen molar-refractivity contribution in [1.82, 2.24) is 25.1 Å². The summed E-state index contributed by atoms with van der Waals surface area (Å²) in [5.41, 5.74) is 4.48. The second kappa shape index (κ2) is 5.40. The van der Waals surface area contributed by atoms with Crippen LogP contribution in [0.1, 0.15) is 48.9 Å². The van der Waals surface area contributed by atoms with Crippen molar-refractivity contribution in [2.24, 2.45) is 7.05 Å². The second-order valence-electron chi connectivity index (χ2n) is 5.71. The molecule has 3 heterocycles. The van der Waals surface area contributed by atoms with E-state index >= 15 is 0 Å². The highest BCUT2D eigenvalue weighted by molar-refractivity contribution is 5.64. The Balaban J connectivity index is 1.89. The zero-order valence-electron chi connectivity index (χ0n) is 12.5. The standard InChI is InChI=1S/C15H23N5/c1-10-14(11(2)20(3)19-10)13-9-17-15(18-13)12-7-5-4-6-8-16-12/h9,12,16H,4-8H2,1-3H3,(H,17,18). The molecule has 0 aliphatic carbocycles. The molecule has 0 saturated carbocycles. The van der Waals surface area contributed by atoms with E-state index < -0.39 is 0 Å². The normalized spacial score (nSPS) is 20.1. The van der Waals surface area contributed by atoms with Crippen LogP contribution in [0, 0.1) is 13.8 Å². The van der Waals surface area contributed by atoms with Gasteiger partial charge in [-0.3, -0.25) is 4.68 Å². The van der Waals surface area contributed by atoms with Crippen LogP contribution in [0.15, 0.2) is 6.20 Å². The second-order valence-corrected chi connectivity index (χ2v) is 5.71. The van der Waals surface area contributed by atoms with E-state index in [-0.39, 0.29) is 0 Å². The maximum Gasteiger partial charge on any atom is 0.123 e. The molecule has 2 aromatic rings. The molecule has 0 bridgehead atoms. The molecule has 3 rings (SSSR count). The van der Waals surface area contributed by atoms with Crippen LogP contribution in [0.4, 0.5) is 0 Å². The van der Waals surface area contributed by atoms with Crippen molar-refractivity contribution in [2.45, 2.75) is 45.6 Å². The van der Waals surface area contributed by atoms with E-state index in [4.69, 9.17) is 0 Å². The number of aromatic amines is 1. The number of hydrogen-bond acceptors (Lipinski definition) is 3. The van der Waals surface area contributed by atoms with Crippen LogP contribution in [-0.2, 0) is 7.05 Å². The summed E-state index contributed by atoms with van der Waals surface area (Å²) in [7, 11) is 1.98. The molecule has 5 nitrogen and oxygen atoms in total. The van der Waals surface area contributed by atoms with Crippen molar-refractivity contribution in [1.29, 1.82) is 0 Å². The van der Waals surface area contributed by atoms with Gasteiger partial charge >= 0.3 is 0 Å². The summed E-state index contributed by atoms with van der Waals surface area (Å²) >= 11 is 0. The number of aryl methyl sites for hydroxylation is 2. The minimum absolute atomic E-state index is 0.364. The first kappa shape index (κ1) is 13.4. The molecule has 1 saturated heterocycles. The third-order valence-corrected chi connectivity index (χ3v) is 4.26. The monoisotopic (exact) mass is 273 g/mol. The van der Waals surface area contributed by atoms with E-state index in [0.717, 1.165) is 30.2 Å². The fraction of sp³-hybridized carbons (Fsp3) is 0.600. The molecule has 5 heteroatoms. The van der Waals surface area contributed by atoms with Crippen LogP contribution in [0.5, 0.6) is 0 Å². The highest BCUT2D eigenvalue weighted by Crippen LogP contribution is 2.27. The first-order chi connectivity index (χ1) is 9.66. The number of H-pyrrole nitrogens is 1. The summed E-state index contributed by atoms with van der Waals surface area (Å²) in [4.78, 5) is 8.09. The third-order valence-electron chi connectivity index (χ3n) is 4.26. The van der Waals surface area contributed by atoms with Crippen LogP contribution in [-0.4, -0.2) is 26.3 Å². The lowest BCUT2D eigenvalue weighted by atomic mass is 10.1. The molecule has 0 aromatic carbocycles. The molecular formula is C15H23N5. The summed E-state index contributed by atoms with van der Waals surface area (Å²) in [6.45, 7) is 5.23. The van der Waals surface area contributed by atoms with Crippen molar-refractivity contribution in [3.8, 4) is 11.3 Å². The summed E-state index contributed by atoms with van der Waals surface area (Å²) in [6.07, 6.45) is 6.97. The average molecular weight is 273 g/mol. The van der Waals surface area contributed by atoms with Gasteiger partial charge in [-0.15, -0.1) is 0 Å². The molecule has 2 N–H and O–H groups in total. The Morgan fingerprint density at radius 2 is 2.10 bits per heavy atom. The average Bonchev–Trinajstić information content (AvgIpc) is 2.85. The predicted octanol–water partition coefficient (Wildman–Crippen LogP) is 2.63. The lowest BCUT2D eigenvalue weighted by Crippen LogP contribution is -2.21. The molecule has 20 heavy (non-hydrogen) atoms. The van der Waals surface area contributed by atoms with E-state index in [1.165, 1.54) is 30.5 Å². The van der Waals surface area contributed by atoms with Crippen LogP contribution < -0.4 is 5.32 Å². The predicted molar refractivity (Wildman–Crippen MR) is 79.5 cm³/mol. The quantitative estimate of drug-likeness (QED) is 0.884. The molecule has 1 aliphatic rings. The van der Waals surface area contributed by atoms with Crippen LogP contribution in [0.25, 0.3) is 11.3 Å². The lowest BCUT2D eigenvalue weighted by molar-refractivity contribution is 0.512. The molecule has 1 unspecified atom stereocenters. The molecule has 1 atom stereocenters. The lowest BCUT2D eigenvalue weighted by Gasteiger charge is -2.12. The fourth-order valence-corrected chi connectivity index (χ4v) is 3.07. The van der Waals surface area contributed by atoms with Gasteiger partial charge in [-0.25, -0.2) is 4.98 Å². The van der Waals surface area contributed by atoms with Crippen molar-refractivity contribution < 1.29 is 0 Å². The molecule has 2 aromatic heterocycles. The van der Waals surface area contributed by atoms with Gasteiger partial charge in [0.2, 0.25) is 0 Å². The van der Waals surface area contributed by atoms with Crippen LogP contribution in [0.3, 0.4) is 0 Å². The van der Waals surface area contributed by atoms with Crippen molar-refractivity contribution >= 4 is 0 Å². The van der Waals surface area contributed by atoms with Gasteiger partial charge < -0.3 is 10.3 Å². The maximum atomic E-state index is 4.59. The summed E-state index contributed by atoms with van der Waals surface area (Å²) in [6, 6.07) is 0.364. The molecule has 1 fully saturated rings. The Morgan fingerprint density at radius 3 is 2.85 bits per heavy atom. The van der Waals surface area contributed by atoms with Crippen molar-refractivity contribution in [3.05, 3.63) is 23.4 Å². The van der Waals surface area contributed by atoms with Gasteiger partial charge in [0.05, 0.1) is 23.6 Å². The molecule has 108 valence electrons. The van der Waals surface area contributed by atoms with Gasteiger partial charge in [0.1, 0.15) is 5.82 Å². The SMILES string of the molecule is Cc1nn(C)c(C)c1-c1cnc(C2CCCCCN2)[nH]1. The minimum atomic E-state index is 0.364. The first-order valence-electron chi connectivity index (χ1n) is 7.45. The minimum Gasteiger partial charge on any atom is -0.341 e. The zero-order chi connectivity index (χ0) is 14.1. The largest absolute Gasteiger partial charge is 0.341 e. The smallest absolute Gasteiger partial charge is 0.123 e. The Kier molecular flexibility index (Phi) is 3.61. The molecule has 0 spiro atoms. The summed E-state index contributed by atoms with van der Waals surface area (Å²) in [5.74, 6) is 1.06. The first-order valence-corrected chi connectivity index (χ1v) is 7.45. The number of imidazole rings is 1. The zero-order valence-corrected chi connectivity index (χ0v) is 12.5. The van der Waals surface area contributed by atoms with E-state index in [1.54, 1.807) is 0 Å². The van der Waals surface area contributed by atoms with Crippen molar-refractivity contribution in [2.75, 3.05) is 6.54 Å². The Bertz CT molecular complexity index is 587. The Hall–Kier alpha value is -1.62. The molecule has 0 radical (unpaired) electrons. The number of nitrogens with zero attached hydrogens (tertiary/aromatic N) is 3. The highest BCUT2D eigenvalue weighted by Gasteiger charge is 2.19. The van der Waals surface area contributed by atoms with Gasteiger partial charge in [0, 0.05) is 18.3 Å². The van der Waals surface area contributed by atoms with Gasteiger partial charge in [0.15, 0.2) is 0 Å². The third kappa shape index (κ3) is 2.38. The highest BCUT2D eigenvalue weighted by atomic mass is 15.3. The van der Waals surface area contributed by atoms with Crippen molar-refractivity contribution in [3.63, 3.8) is 0 Å². The Morgan fingerprint density at radius 1 is 1.25 bits per heavy atom. The summed E-state index contributed by atoms with van der Waals surface area (Å²) in [5, 5.41) is 8.06. The number of rotatable bonds is 2. The number of nitrogens with one attached hydrogen (secondary N) is 2. The number of hydrogen-bond donors (Lipinski definition) is 2. The maximum absolute atomic E-state index is 4.59. The van der Waals surface area contributed by atoms with E-state index in [0.29, 0.717) is 6.04 Å². The molecular weight excluding hydrogens is 250 g/mol. The van der Waals surface area contributed by atoms with Gasteiger partial charge in [-0.1, -0.05) is 12.8 Å². The van der Waals surface area contributed by atoms with Gasteiger partial charge in [-0.2, -0.15) is 5.10 Å². The van der Waals surface area contributed by atoms with E-state index in [2.05, 4.69) is 27.3 Å². The van der Waals surface area contributed by atoms with E-state index in [1.807, 2.05) is 24.9 Å². The van der Waals surface area contributed by atoms with Crippen LogP contribution in [0.2, 0.25) is 0 Å². The van der Waals surface area contributed by atoms with Gasteiger partial charge in [-0.05, 0) is 33.2 Å². The van der Waals surface area contributed by atoms with Gasteiger partial charge in [0.25, 0.3) is 0 Å². The van der Waals surface area contributed by atoms with E-state index in [9.17, 15) is 0 Å². The number of aromatic nitrogens is 4. The Labute approximate surface area is 119 Å². The van der Waals surface area contributed by atoms with Crippen LogP contribution >= 0.6 is 0 Å². The molecule has 1 aliphatic heterocycles. The molecule has 0 amide bonds. The topological polar surface area (TPSA) is 58.5 Å². The fourth-order valence-electron chi connectivity index (χ4n) is 3.07. The summed E-state index contributed by atoms with van der Waals surface area (Å²) < 4.78 is 1.93.